The largest absolute Gasteiger partial charge is 0.481 e. The van der Waals surface area contributed by atoms with Gasteiger partial charge in [0.15, 0.2) is 0 Å². The first-order chi connectivity index (χ1) is 9.22. The van der Waals surface area contributed by atoms with E-state index in [2.05, 4.69) is 9.72 Å². The van der Waals surface area contributed by atoms with E-state index in [4.69, 9.17) is 9.47 Å². The van der Waals surface area contributed by atoms with Crippen LogP contribution in [0.2, 0.25) is 0 Å². The Hall–Kier alpha value is -2.56. The van der Waals surface area contributed by atoms with Crippen molar-refractivity contribution < 1.29 is 19.0 Å². The smallest absolute Gasteiger partial charge is 0.337 e. The van der Waals surface area contributed by atoms with Crippen LogP contribution in [0.25, 0.3) is 0 Å². The van der Waals surface area contributed by atoms with Gasteiger partial charge in [-0.15, -0.1) is 0 Å². The third-order valence-electron chi connectivity index (χ3n) is 2.43. The van der Waals surface area contributed by atoms with Crippen LogP contribution in [0.4, 0.5) is 0 Å². The minimum Gasteiger partial charge on any atom is -0.481 e. The summed E-state index contributed by atoms with van der Waals surface area (Å²) in [5.74, 6) is 1.32. The van der Waals surface area contributed by atoms with Crippen LogP contribution < -0.4 is 9.47 Å². The molecule has 1 aromatic heterocycles. The third kappa shape index (κ3) is 3.22. The van der Waals surface area contributed by atoms with Crippen molar-refractivity contribution in [2.45, 2.75) is 0 Å². The van der Waals surface area contributed by atoms with Gasteiger partial charge in [0.05, 0.1) is 19.8 Å². The summed E-state index contributed by atoms with van der Waals surface area (Å²) >= 11 is 0. The predicted molar refractivity (Wildman–Crippen MR) is 68.6 cm³/mol. The summed E-state index contributed by atoms with van der Waals surface area (Å²) in [6.45, 7) is 0. The Kier molecular flexibility index (Phi) is 3.97. The van der Waals surface area contributed by atoms with Crippen molar-refractivity contribution in [1.29, 1.82) is 0 Å². The summed E-state index contributed by atoms with van der Waals surface area (Å²) in [6.07, 6.45) is 1.59. The van der Waals surface area contributed by atoms with Gasteiger partial charge in [0, 0.05) is 12.3 Å². The molecule has 0 N–H and O–H groups in total. The van der Waals surface area contributed by atoms with Crippen molar-refractivity contribution >= 4 is 5.97 Å². The molecular weight excluding hydrogens is 246 g/mol. The third-order valence-corrected chi connectivity index (χ3v) is 2.43. The van der Waals surface area contributed by atoms with E-state index in [9.17, 15) is 4.79 Å². The van der Waals surface area contributed by atoms with E-state index in [1.807, 2.05) is 0 Å². The molecule has 0 saturated heterocycles. The average molecular weight is 259 g/mol. The van der Waals surface area contributed by atoms with Crippen LogP contribution >= 0.6 is 0 Å². The van der Waals surface area contributed by atoms with Gasteiger partial charge in [-0.3, -0.25) is 0 Å². The van der Waals surface area contributed by atoms with Crippen LogP contribution in [-0.2, 0) is 4.74 Å². The number of carbonyl (C=O) groups excluding carboxylic acids is 1. The Morgan fingerprint density at radius 1 is 1.05 bits per heavy atom. The molecule has 0 spiro atoms. The number of ether oxygens (including phenoxy) is 3. The normalized spacial score (nSPS) is 9.79. The van der Waals surface area contributed by atoms with Crippen LogP contribution in [0.5, 0.6) is 17.4 Å². The topological polar surface area (TPSA) is 57.7 Å². The van der Waals surface area contributed by atoms with E-state index in [-0.39, 0.29) is 5.97 Å². The second kappa shape index (κ2) is 5.86. The summed E-state index contributed by atoms with van der Waals surface area (Å²) in [5.41, 5.74) is 0.474. The highest BCUT2D eigenvalue weighted by molar-refractivity contribution is 5.89. The molecule has 0 atom stereocenters. The van der Waals surface area contributed by atoms with Crippen molar-refractivity contribution in [1.82, 2.24) is 4.98 Å². The zero-order chi connectivity index (χ0) is 13.7. The van der Waals surface area contributed by atoms with Crippen molar-refractivity contribution in [2.75, 3.05) is 14.2 Å². The number of hydrogen-bond acceptors (Lipinski definition) is 5. The van der Waals surface area contributed by atoms with Gasteiger partial charge in [0.25, 0.3) is 0 Å². The summed E-state index contributed by atoms with van der Waals surface area (Å²) in [7, 11) is 2.88. The van der Waals surface area contributed by atoms with Gasteiger partial charge in [-0.25, -0.2) is 9.78 Å². The van der Waals surface area contributed by atoms with E-state index in [0.717, 1.165) is 0 Å². The average Bonchev–Trinajstić information content (AvgIpc) is 2.47. The van der Waals surface area contributed by atoms with Crippen LogP contribution in [0.3, 0.4) is 0 Å². The SMILES string of the molecule is COC(=O)c1ccc(Oc2ccnc(OC)c2)cc1. The van der Waals surface area contributed by atoms with E-state index in [0.29, 0.717) is 22.9 Å². The van der Waals surface area contributed by atoms with Gasteiger partial charge in [0.1, 0.15) is 11.5 Å². The molecule has 0 bridgehead atoms. The lowest BCUT2D eigenvalue weighted by molar-refractivity contribution is 0.0600. The lowest BCUT2D eigenvalue weighted by Crippen LogP contribution is -2.00. The van der Waals surface area contributed by atoms with E-state index < -0.39 is 0 Å². The van der Waals surface area contributed by atoms with Gasteiger partial charge >= 0.3 is 5.97 Å². The molecule has 0 aliphatic carbocycles. The second-order valence-electron chi connectivity index (χ2n) is 3.65. The number of rotatable bonds is 4. The van der Waals surface area contributed by atoms with Crippen molar-refractivity contribution in [3.63, 3.8) is 0 Å². The summed E-state index contributed by atoms with van der Waals surface area (Å²) in [6, 6.07) is 10.1. The molecule has 0 radical (unpaired) electrons. The number of hydrogen-bond donors (Lipinski definition) is 0. The van der Waals surface area contributed by atoms with E-state index >= 15 is 0 Å². The molecule has 0 amide bonds. The number of methoxy groups -OCH3 is 2. The highest BCUT2D eigenvalue weighted by Crippen LogP contribution is 2.23. The molecule has 19 heavy (non-hydrogen) atoms. The first kappa shape index (κ1) is 12.9. The number of benzene rings is 1. The molecule has 0 aliphatic heterocycles. The fourth-order valence-electron chi connectivity index (χ4n) is 1.48. The molecule has 5 heteroatoms. The highest BCUT2D eigenvalue weighted by Gasteiger charge is 2.05. The lowest BCUT2D eigenvalue weighted by atomic mass is 10.2. The molecule has 98 valence electrons. The molecule has 2 rings (SSSR count). The minimum atomic E-state index is -0.378. The van der Waals surface area contributed by atoms with Gasteiger partial charge < -0.3 is 14.2 Å². The molecular formula is C14H13NO4. The molecule has 1 aromatic carbocycles. The monoisotopic (exact) mass is 259 g/mol. The van der Waals surface area contributed by atoms with Crippen LogP contribution in [0.1, 0.15) is 10.4 Å². The zero-order valence-electron chi connectivity index (χ0n) is 10.6. The van der Waals surface area contributed by atoms with Crippen molar-refractivity contribution in [3.8, 4) is 17.4 Å². The molecule has 2 aromatic rings. The maximum atomic E-state index is 11.3. The lowest BCUT2D eigenvalue weighted by Gasteiger charge is -2.07. The van der Waals surface area contributed by atoms with Gasteiger partial charge in [-0.05, 0) is 30.3 Å². The second-order valence-corrected chi connectivity index (χ2v) is 3.65. The molecule has 5 nitrogen and oxygen atoms in total. The predicted octanol–water partition coefficient (Wildman–Crippen LogP) is 2.67. The fourth-order valence-corrected chi connectivity index (χ4v) is 1.48. The van der Waals surface area contributed by atoms with Crippen molar-refractivity contribution in [2.24, 2.45) is 0 Å². The number of esters is 1. The zero-order valence-corrected chi connectivity index (χ0v) is 10.6. The van der Waals surface area contributed by atoms with Gasteiger partial charge in [-0.1, -0.05) is 0 Å². The Morgan fingerprint density at radius 2 is 1.79 bits per heavy atom. The van der Waals surface area contributed by atoms with Crippen LogP contribution in [-0.4, -0.2) is 25.2 Å². The summed E-state index contributed by atoms with van der Waals surface area (Å²) in [4.78, 5) is 15.3. The summed E-state index contributed by atoms with van der Waals surface area (Å²) < 4.78 is 15.2. The molecule has 0 fully saturated rings. The Bertz CT molecular complexity index is 566. The summed E-state index contributed by atoms with van der Waals surface area (Å²) in [5, 5.41) is 0. The minimum absolute atomic E-state index is 0.378. The molecule has 1 heterocycles. The highest BCUT2D eigenvalue weighted by atomic mass is 16.5. The number of carbonyl (C=O) groups is 1. The Balaban J connectivity index is 2.12. The van der Waals surface area contributed by atoms with E-state index in [1.54, 1.807) is 42.6 Å². The molecule has 0 unspecified atom stereocenters. The van der Waals surface area contributed by atoms with Crippen molar-refractivity contribution in [3.05, 3.63) is 48.2 Å². The Labute approximate surface area is 110 Å². The first-order valence-electron chi connectivity index (χ1n) is 5.59. The first-order valence-corrected chi connectivity index (χ1v) is 5.59. The fraction of sp³-hybridized carbons (Fsp3) is 0.143. The number of nitrogens with zero attached hydrogens (tertiary/aromatic N) is 1. The molecule has 0 aliphatic rings. The van der Waals surface area contributed by atoms with Gasteiger partial charge in [-0.2, -0.15) is 0 Å². The maximum Gasteiger partial charge on any atom is 0.337 e. The Morgan fingerprint density at radius 3 is 2.42 bits per heavy atom. The quantitative estimate of drug-likeness (QED) is 0.790. The molecule has 0 saturated carbocycles. The van der Waals surface area contributed by atoms with Crippen LogP contribution in [0, 0.1) is 0 Å². The van der Waals surface area contributed by atoms with Crippen LogP contribution in [0.15, 0.2) is 42.6 Å². The maximum absolute atomic E-state index is 11.3. The number of pyridine rings is 1. The van der Waals surface area contributed by atoms with Gasteiger partial charge in [0.2, 0.25) is 5.88 Å². The standard InChI is InChI=1S/C14H13NO4/c1-17-13-9-12(7-8-15-13)19-11-5-3-10(4-6-11)14(16)18-2/h3-9H,1-2H3. The number of aromatic nitrogens is 1. The van der Waals surface area contributed by atoms with E-state index in [1.165, 1.54) is 14.2 Å².